The van der Waals surface area contributed by atoms with Crippen LogP contribution in [0.2, 0.25) is 5.02 Å². The average Bonchev–Trinajstić information content (AvgIpc) is 2.69. The lowest BCUT2D eigenvalue weighted by Crippen LogP contribution is -2.45. The van der Waals surface area contributed by atoms with Crippen molar-refractivity contribution in [2.45, 2.75) is 26.8 Å². The first-order valence-corrected chi connectivity index (χ1v) is 12.2. The number of anilines is 2. The third-order valence-corrected chi connectivity index (χ3v) is 6.20. The number of benzene rings is 3. The van der Waals surface area contributed by atoms with Crippen LogP contribution in [-0.2, 0) is 14.8 Å². The van der Waals surface area contributed by atoms with Crippen LogP contribution in [0.5, 0.6) is 11.5 Å². The predicted molar refractivity (Wildman–Crippen MR) is 129 cm³/mol. The minimum absolute atomic E-state index is 0.340. The zero-order valence-electron chi connectivity index (χ0n) is 18.3. The van der Waals surface area contributed by atoms with E-state index in [2.05, 4.69) is 5.32 Å². The van der Waals surface area contributed by atoms with Gasteiger partial charge in [-0.05, 0) is 74.4 Å². The van der Waals surface area contributed by atoms with Crippen LogP contribution < -0.4 is 14.4 Å². The summed E-state index contributed by atoms with van der Waals surface area (Å²) in [5.41, 5.74) is 2.57. The van der Waals surface area contributed by atoms with Crippen LogP contribution in [0.15, 0.2) is 66.7 Å². The molecule has 0 spiro atoms. The second kappa shape index (κ2) is 9.63. The maximum Gasteiger partial charge on any atom is 0.248 e. The quantitative estimate of drug-likeness (QED) is 0.489. The Morgan fingerprint density at radius 1 is 1.00 bits per heavy atom. The molecule has 32 heavy (non-hydrogen) atoms. The maximum absolute atomic E-state index is 13.1. The smallest absolute Gasteiger partial charge is 0.248 e. The summed E-state index contributed by atoms with van der Waals surface area (Å²) in [4.78, 5) is 13.1. The molecular weight excluding hydrogens is 448 g/mol. The number of carbonyl (C=O) groups is 1. The van der Waals surface area contributed by atoms with Gasteiger partial charge in [-0.3, -0.25) is 9.10 Å². The summed E-state index contributed by atoms with van der Waals surface area (Å²) in [7, 11) is -3.74. The molecule has 0 aromatic heterocycles. The number of nitrogens with zero attached hydrogens (tertiary/aromatic N) is 1. The number of amides is 1. The number of rotatable bonds is 7. The topological polar surface area (TPSA) is 75.7 Å². The van der Waals surface area contributed by atoms with Crippen molar-refractivity contribution in [2.24, 2.45) is 0 Å². The second-order valence-corrected chi connectivity index (χ2v) is 9.92. The summed E-state index contributed by atoms with van der Waals surface area (Å²) in [5.74, 6) is 0.458. The molecule has 3 aromatic rings. The number of aryl methyl sites for hydroxylation is 2. The molecule has 0 bridgehead atoms. The van der Waals surface area contributed by atoms with E-state index in [9.17, 15) is 13.2 Å². The van der Waals surface area contributed by atoms with Crippen molar-refractivity contribution < 1.29 is 17.9 Å². The summed E-state index contributed by atoms with van der Waals surface area (Å²) in [6.45, 7) is 5.29. The lowest BCUT2D eigenvalue weighted by Gasteiger charge is -2.29. The van der Waals surface area contributed by atoms with Gasteiger partial charge in [-0.2, -0.15) is 0 Å². The van der Waals surface area contributed by atoms with Gasteiger partial charge in [0.1, 0.15) is 11.8 Å². The lowest BCUT2D eigenvalue weighted by atomic mass is 10.1. The summed E-state index contributed by atoms with van der Waals surface area (Å²) in [6.07, 6.45) is 1.08. The first-order valence-electron chi connectivity index (χ1n) is 9.95. The molecule has 0 radical (unpaired) electrons. The lowest BCUT2D eigenvalue weighted by molar-refractivity contribution is -0.116. The van der Waals surface area contributed by atoms with Gasteiger partial charge in [0.25, 0.3) is 0 Å². The van der Waals surface area contributed by atoms with Crippen molar-refractivity contribution in [3.63, 3.8) is 0 Å². The van der Waals surface area contributed by atoms with Gasteiger partial charge in [-0.1, -0.05) is 35.9 Å². The Morgan fingerprint density at radius 2 is 1.62 bits per heavy atom. The molecule has 1 atom stereocenters. The maximum atomic E-state index is 13.1. The molecule has 0 aliphatic carbocycles. The Kier molecular flexibility index (Phi) is 7.11. The van der Waals surface area contributed by atoms with Crippen LogP contribution >= 0.6 is 11.6 Å². The van der Waals surface area contributed by atoms with Gasteiger partial charge in [0.15, 0.2) is 5.75 Å². The molecular formula is C24H25ClN2O4S. The van der Waals surface area contributed by atoms with Crippen molar-refractivity contribution >= 4 is 38.9 Å². The van der Waals surface area contributed by atoms with E-state index in [1.807, 2.05) is 38.1 Å². The highest BCUT2D eigenvalue weighted by molar-refractivity contribution is 7.92. The van der Waals surface area contributed by atoms with Gasteiger partial charge in [0, 0.05) is 5.02 Å². The molecule has 3 rings (SSSR count). The number of nitrogens with one attached hydrogen (secondary N) is 1. The Morgan fingerprint density at radius 3 is 2.22 bits per heavy atom. The van der Waals surface area contributed by atoms with E-state index in [1.54, 1.807) is 42.5 Å². The number of hydrogen-bond donors (Lipinski definition) is 1. The fourth-order valence-corrected chi connectivity index (χ4v) is 4.76. The molecule has 3 aromatic carbocycles. The van der Waals surface area contributed by atoms with Gasteiger partial charge < -0.3 is 10.1 Å². The van der Waals surface area contributed by atoms with E-state index in [0.717, 1.165) is 21.7 Å². The second-order valence-electron chi connectivity index (χ2n) is 7.63. The van der Waals surface area contributed by atoms with Crippen LogP contribution in [0.25, 0.3) is 0 Å². The standard InChI is InChI=1S/C24H25ClN2O4S/c1-16-12-17(2)14-20(13-16)27(32(4,29)30)18(3)24(28)26-22-15-19(25)10-11-23(22)31-21-8-6-5-7-9-21/h5-15,18H,1-4H3,(H,26,28). The normalized spacial score (nSPS) is 12.2. The highest BCUT2D eigenvalue weighted by Gasteiger charge is 2.30. The van der Waals surface area contributed by atoms with Crippen LogP contribution in [-0.4, -0.2) is 26.6 Å². The Labute approximate surface area is 193 Å². The van der Waals surface area contributed by atoms with E-state index < -0.39 is 22.0 Å². The van der Waals surface area contributed by atoms with Crippen molar-refractivity contribution in [3.8, 4) is 11.5 Å². The number of para-hydroxylation sites is 1. The Hall–Kier alpha value is -3.03. The Bertz CT molecular complexity index is 1210. The molecule has 168 valence electrons. The van der Waals surface area contributed by atoms with Crippen LogP contribution in [0, 0.1) is 13.8 Å². The molecule has 0 heterocycles. The number of halogens is 1. The molecule has 1 N–H and O–H groups in total. The monoisotopic (exact) mass is 472 g/mol. The van der Waals surface area contributed by atoms with Crippen molar-refractivity contribution in [3.05, 3.63) is 82.9 Å². The zero-order valence-corrected chi connectivity index (χ0v) is 19.9. The van der Waals surface area contributed by atoms with Gasteiger partial charge in [0.2, 0.25) is 15.9 Å². The molecule has 0 saturated carbocycles. The van der Waals surface area contributed by atoms with Crippen LogP contribution in [0.1, 0.15) is 18.1 Å². The Balaban J connectivity index is 1.92. The first-order chi connectivity index (χ1) is 15.0. The summed E-state index contributed by atoms with van der Waals surface area (Å²) >= 11 is 6.14. The summed E-state index contributed by atoms with van der Waals surface area (Å²) in [6, 6.07) is 18.4. The SMILES string of the molecule is Cc1cc(C)cc(N(C(C)C(=O)Nc2cc(Cl)ccc2Oc2ccccc2)S(C)(=O)=O)c1. The van der Waals surface area contributed by atoms with Crippen LogP contribution in [0.3, 0.4) is 0 Å². The zero-order chi connectivity index (χ0) is 23.5. The number of ether oxygens (including phenoxy) is 1. The van der Waals surface area contributed by atoms with Gasteiger partial charge >= 0.3 is 0 Å². The van der Waals surface area contributed by atoms with E-state index in [0.29, 0.717) is 27.9 Å². The third-order valence-electron chi connectivity index (χ3n) is 4.72. The molecule has 0 aliphatic heterocycles. The van der Waals surface area contributed by atoms with Gasteiger partial charge in [-0.25, -0.2) is 8.42 Å². The molecule has 0 aliphatic rings. The molecule has 0 saturated heterocycles. The van der Waals surface area contributed by atoms with Crippen molar-refractivity contribution in [2.75, 3.05) is 15.9 Å². The highest BCUT2D eigenvalue weighted by atomic mass is 35.5. The van der Waals surface area contributed by atoms with E-state index in [1.165, 1.54) is 6.92 Å². The summed E-state index contributed by atoms with van der Waals surface area (Å²) < 4.78 is 32.2. The predicted octanol–water partition coefficient (Wildman–Crippen LogP) is 5.54. The number of carbonyl (C=O) groups excluding carboxylic acids is 1. The van der Waals surface area contributed by atoms with Gasteiger partial charge in [-0.15, -0.1) is 0 Å². The van der Waals surface area contributed by atoms with E-state index in [-0.39, 0.29) is 0 Å². The highest BCUT2D eigenvalue weighted by Crippen LogP contribution is 2.33. The molecule has 8 heteroatoms. The minimum Gasteiger partial charge on any atom is -0.455 e. The van der Waals surface area contributed by atoms with Crippen molar-refractivity contribution in [1.29, 1.82) is 0 Å². The number of hydrogen-bond acceptors (Lipinski definition) is 4. The van der Waals surface area contributed by atoms with Crippen LogP contribution in [0.4, 0.5) is 11.4 Å². The van der Waals surface area contributed by atoms with E-state index >= 15 is 0 Å². The first kappa shape index (κ1) is 23.6. The molecule has 6 nitrogen and oxygen atoms in total. The fourth-order valence-electron chi connectivity index (χ4n) is 3.43. The van der Waals surface area contributed by atoms with Crippen molar-refractivity contribution in [1.82, 2.24) is 0 Å². The largest absolute Gasteiger partial charge is 0.455 e. The molecule has 1 amide bonds. The minimum atomic E-state index is -3.74. The molecule has 1 unspecified atom stereocenters. The molecule has 0 fully saturated rings. The third kappa shape index (κ3) is 5.81. The average molecular weight is 473 g/mol. The van der Waals surface area contributed by atoms with E-state index in [4.69, 9.17) is 16.3 Å². The van der Waals surface area contributed by atoms with Gasteiger partial charge in [0.05, 0.1) is 17.6 Å². The fraction of sp³-hybridized carbons (Fsp3) is 0.208. The number of sulfonamides is 1. The summed E-state index contributed by atoms with van der Waals surface area (Å²) in [5, 5.41) is 3.17.